The van der Waals surface area contributed by atoms with Crippen LogP contribution in [0.4, 0.5) is 0 Å². The first-order chi connectivity index (χ1) is 11.9. The molecule has 0 amide bonds. The van der Waals surface area contributed by atoms with Crippen LogP contribution < -0.4 is 21.8 Å². The highest BCUT2D eigenvalue weighted by atomic mass is 28.4. The Hall–Kier alpha value is -1.50. The minimum absolute atomic E-state index is 0.0326. The molecule has 0 radical (unpaired) electrons. The molecule has 0 bridgehead atoms. The van der Waals surface area contributed by atoms with Crippen molar-refractivity contribution in [2.75, 3.05) is 26.3 Å². The van der Waals surface area contributed by atoms with Crippen LogP contribution in [0, 0.1) is 0 Å². The number of benzene rings is 2. The molecule has 2 rings (SSSR count). The molecule has 2 aromatic rings. The summed E-state index contributed by atoms with van der Waals surface area (Å²) in [7, 11) is -2.35. The predicted molar refractivity (Wildman–Crippen MR) is 109 cm³/mol. The maximum absolute atomic E-state index is 7.75. The molecule has 25 heavy (non-hydrogen) atoms. The molecule has 0 saturated carbocycles. The van der Waals surface area contributed by atoms with Crippen LogP contribution in [0.2, 0.25) is 5.04 Å². The molecule has 0 heterocycles. The summed E-state index contributed by atoms with van der Waals surface area (Å²) in [6.07, 6.45) is 0. The van der Waals surface area contributed by atoms with Crippen LogP contribution in [-0.2, 0) is 4.43 Å². The topological polar surface area (TPSA) is 81.5 Å². The van der Waals surface area contributed by atoms with Crippen molar-refractivity contribution in [3.8, 4) is 0 Å². The highest BCUT2D eigenvalue weighted by Gasteiger charge is 2.49. The van der Waals surface area contributed by atoms with Gasteiger partial charge in [0.25, 0.3) is 8.32 Å². The lowest BCUT2D eigenvalue weighted by atomic mass is 10.2. The van der Waals surface area contributed by atoms with Gasteiger partial charge in [0, 0.05) is 19.7 Å². The van der Waals surface area contributed by atoms with Gasteiger partial charge in [0.05, 0.1) is 6.61 Å². The van der Waals surface area contributed by atoms with Crippen molar-refractivity contribution in [3.63, 3.8) is 0 Å². The standard InChI is InChI=1S/C18H25NOSi.C2H7NO/c1-18(2,3)21(20-15-14-19,16-10-6-4-7-11-16)17-12-8-5-9-13-17;3-1-2-4/h4-13H,14-15,19H2,1-3H3;4H,1-3H2. The van der Waals surface area contributed by atoms with E-state index in [4.69, 9.17) is 21.0 Å². The van der Waals surface area contributed by atoms with Gasteiger partial charge in [-0.1, -0.05) is 81.4 Å². The smallest absolute Gasteiger partial charge is 0.261 e. The molecular formula is C20H32N2O2Si. The van der Waals surface area contributed by atoms with Gasteiger partial charge in [-0.25, -0.2) is 0 Å². The van der Waals surface area contributed by atoms with Crippen LogP contribution in [0.1, 0.15) is 20.8 Å². The fourth-order valence-corrected chi connectivity index (χ4v) is 7.55. The first-order valence-electron chi connectivity index (χ1n) is 8.70. The number of aliphatic hydroxyl groups is 1. The molecule has 0 aliphatic carbocycles. The van der Waals surface area contributed by atoms with Crippen LogP contribution in [0.5, 0.6) is 0 Å². The fraction of sp³-hybridized carbons (Fsp3) is 0.400. The number of rotatable bonds is 6. The molecule has 0 spiro atoms. The highest BCUT2D eigenvalue weighted by Crippen LogP contribution is 2.36. The van der Waals surface area contributed by atoms with Gasteiger partial charge in [-0.05, 0) is 15.4 Å². The zero-order valence-corrected chi connectivity index (χ0v) is 16.6. The molecule has 0 atom stereocenters. The minimum Gasteiger partial charge on any atom is -0.406 e. The molecule has 0 aromatic heterocycles. The third kappa shape index (κ3) is 5.49. The largest absolute Gasteiger partial charge is 0.406 e. The average Bonchev–Trinajstić information content (AvgIpc) is 2.63. The van der Waals surface area contributed by atoms with E-state index >= 15 is 0 Å². The molecule has 0 aliphatic rings. The Morgan fingerprint density at radius 3 is 1.52 bits per heavy atom. The minimum atomic E-state index is -2.35. The average molecular weight is 361 g/mol. The molecule has 0 fully saturated rings. The summed E-state index contributed by atoms with van der Waals surface area (Å²) in [6, 6.07) is 21.3. The van der Waals surface area contributed by atoms with Gasteiger partial charge in [-0.3, -0.25) is 0 Å². The van der Waals surface area contributed by atoms with Gasteiger partial charge in [0.15, 0.2) is 0 Å². The second-order valence-corrected chi connectivity index (χ2v) is 11.1. The van der Waals surface area contributed by atoms with Crippen LogP contribution >= 0.6 is 0 Å². The summed E-state index contributed by atoms with van der Waals surface area (Å²) in [5.74, 6) is 0. The number of hydrogen-bond donors (Lipinski definition) is 3. The summed E-state index contributed by atoms with van der Waals surface area (Å²) in [5.41, 5.74) is 10.5. The van der Waals surface area contributed by atoms with Crippen LogP contribution in [-0.4, -0.2) is 39.7 Å². The molecule has 2 aromatic carbocycles. The molecule has 0 aliphatic heterocycles. The number of hydrogen-bond acceptors (Lipinski definition) is 4. The van der Waals surface area contributed by atoms with E-state index in [0.717, 1.165) is 0 Å². The van der Waals surface area contributed by atoms with Crippen molar-refractivity contribution in [2.24, 2.45) is 11.5 Å². The zero-order chi connectivity index (χ0) is 18.8. The summed E-state index contributed by atoms with van der Waals surface area (Å²) in [5, 5.41) is 10.4. The van der Waals surface area contributed by atoms with Gasteiger partial charge < -0.3 is 21.0 Å². The Bertz CT molecular complexity index is 544. The molecule has 4 nitrogen and oxygen atoms in total. The van der Waals surface area contributed by atoms with Gasteiger partial charge in [-0.15, -0.1) is 0 Å². The quantitative estimate of drug-likeness (QED) is 0.681. The van der Waals surface area contributed by atoms with Crippen LogP contribution in [0.15, 0.2) is 60.7 Å². The Kier molecular flexibility index (Phi) is 9.03. The summed E-state index contributed by atoms with van der Waals surface area (Å²) in [4.78, 5) is 0. The van der Waals surface area contributed by atoms with Crippen molar-refractivity contribution < 1.29 is 9.53 Å². The maximum atomic E-state index is 7.75. The third-order valence-electron chi connectivity index (χ3n) is 3.98. The van der Waals surface area contributed by atoms with E-state index in [2.05, 4.69) is 81.4 Å². The van der Waals surface area contributed by atoms with Crippen molar-refractivity contribution in [2.45, 2.75) is 25.8 Å². The van der Waals surface area contributed by atoms with E-state index in [1.165, 1.54) is 10.4 Å². The number of nitrogens with two attached hydrogens (primary N) is 2. The van der Waals surface area contributed by atoms with Crippen LogP contribution in [0.3, 0.4) is 0 Å². The zero-order valence-electron chi connectivity index (χ0n) is 15.6. The monoisotopic (exact) mass is 360 g/mol. The normalized spacial score (nSPS) is 11.6. The van der Waals surface area contributed by atoms with Gasteiger partial charge in [0.2, 0.25) is 0 Å². The fourth-order valence-electron chi connectivity index (χ4n) is 2.97. The summed E-state index contributed by atoms with van der Waals surface area (Å²) >= 11 is 0. The lowest BCUT2D eigenvalue weighted by molar-refractivity contribution is 0.306. The van der Waals surface area contributed by atoms with Gasteiger partial charge in [0.1, 0.15) is 0 Å². The van der Waals surface area contributed by atoms with E-state index < -0.39 is 8.32 Å². The second-order valence-electron chi connectivity index (χ2n) is 6.81. The van der Waals surface area contributed by atoms with Crippen molar-refractivity contribution >= 4 is 18.7 Å². The Morgan fingerprint density at radius 2 is 1.24 bits per heavy atom. The van der Waals surface area contributed by atoms with Crippen molar-refractivity contribution in [3.05, 3.63) is 60.7 Å². The van der Waals surface area contributed by atoms with E-state index in [1.54, 1.807) is 0 Å². The van der Waals surface area contributed by atoms with E-state index in [9.17, 15) is 0 Å². The van der Waals surface area contributed by atoms with Crippen molar-refractivity contribution in [1.82, 2.24) is 0 Å². The van der Waals surface area contributed by atoms with E-state index in [1.807, 2.05) is 0 Å². The van der Waals surface area contributed by atoms with Gasteiger partial charge >= 0.3 is 0 Å². The molecule has 0 unspecified atom stereocenters. The first kappa shape index (κ1) is 21.5. The highest BCUT2D eigenvalue weighted by molar-refractivity contribution is 6.99. The van der Waals surface area contributed by atoms with E-state index in [-0.39, 0.29) is 11.6 Å². The third-order valence-corrected chi connectivity index (χ3v) is 9.02. The molecular weight excluding hydrogens is 328 g/mol. The molecule has 138 valence electrons. The summed E-state index contributed by atoms with van der Waals surface area (Å²) in [6.45, 7) is 8.43. The molecule has 5 heteroatoms. The molecule has 0 saturated heterocycles. The molecule has 5 N–H and O–H groups in total. The second kappa shape index (κ2) is 10.5. The Morgan fingerprint density at radius 1 is 0.840 bits per heavy atom. The number of aliphatic hydroxyl groups excluding tert-OH is 1. The maximum Gasteiger partial charge on any atom is 0.261 e. The predicted octanol–water partition coefficient (Wildman–Crippen LogP) is 1.46. The van der Waals surface area contributed by atoms with E-state index in [0.29, 0.717) is 19.7 Å². The van der Waals surface area contributed by atoms with Crippen molar-refractivity contribution in [1.29, 1.82) is 0 Å². The Labute approximate surface area is 153 Å². The SMILES string of the molecule is CC(C)(C)[Si](OCCN)(c1ccccc1)c1ccccc1.NCCO. The summed E-state index contributed by atoms with van der Waals surface area (Å²) < 4.78 is 6.53. The Balaban J connectivity index is 0.000000705. The lowest BCUT2D eigenvalue weighted by Crippen LogP contribution is -2.66. The van der Waals surface area contributed by atoms with Gasteiger partial charge in [-0.2, -0.15) is 0 Å². The lowest BCUT2D eigenvalue weighted by Gasteiger charge is -2.43. The van der Waals surface area contributed by atoms with Crippen LogP contribution in [0.25, 0.3) is 0 Å². The first-order valence-corrected chi connectivity index (χ1v) is 10.6.